The molecule has 4 heteroatoms. The van der Waals surface area contributed by atoms with Gasteiger partial charge in [-0.15, -0.1) is 0 Å². The van der Waals surface area contributed by atoms with Gasteiger partial charge in [0.1, 0.15) is 0 Å². The van der Waals surface area contributed by atoms with E-state index in [-0.39, 0.29) is 17.9 Å². The Morgan fingerprint density at radius 2 is 2.06 bits per heavy atom. The first kappa shape index (κ1) is 13.8. The first-order valence-electron chi connectivity index (χ1n) is 7.26. The van der Waals surface area contributed by atoms with E-state index >= 15 is 0 Å². The second-order valence-corrected chi connectivity index (χ2v) is 5.78. The van der Waals surface area contributed by atoms with Gasteiger partial charge in [-0.1, -0.05) is 0 Å². The number of nitrogens with one attached hydrogen (secondary N) is 1. The van der Waals surface area contributed by atoms with Gasteiger partial charge in [-0.25, -0.2) is 0 Å². The highest BCUT2D eigenvalue weighted by molar-refractivity contribution is 5.80. The first-order valence-corrected chi connectivity index (χ1v) is 7.26. The van der Waals surface area contributed by atoms with E-state index in [1.54, 1.807) is 7.11 Å². The number of hydrogen-bond acceptors (Lipinski definition) is 3. The van der Waals surface area contributed by atoms with Gasteiger partial charge < -0.3 is 15.8 Å². The summed E-state index contributed by atoms with van der Waals surface area (Å²) in [5.74, 6) is 1.44. The van der Waals surface area contributed by atoms with Crippen LogP contribution in [-0.2, 0) is 9.53 Å². The summed E-state index contributed by atoms with van der Waals surface area (Å²) >= 11 is 0. The van der Waals surface area contributed by atoms with Gasteiger partial charge in [0, 0.05) is 26.3 Å². The molecule has 0 spiro atoms. The molecule has 1 amide bonds. The smallest absolute Gasteiger partial charge is 0.224 e. The minimum Gasteiger partial charge on any atom is -0.385 e. The molecule has 4 nitrogen and oxygen atoms in total. The third-order valence-corrected chi connectivity index (χ3v) is 4.61. The van der Waals surface area contributed by atoms with Crippen LogP contribution < -0.4 is 11.1 Å². The SMILES string of the molecule is COCCCCCNC(=O)C1C2CCC(C2)C1N. The van der Waals surface area contributed by atoms with Gasteiger partial charge in [-0.05, 0) is 50.4 Å². The Bertz CT molecular complexity index is 281. The number of fused-ring (bicyclic) bond motifs is 2. The highest BCUT2D eigenvalue weighted by Crippen LogP contribution is 2.47. The molecule has 4 atom stereocenters. The number of rotatable bonds is 7. The van der Waals surface area contributed by atoms with Crippen LogP contribution in [0, 0.1) is 17.8 Å². The van der Waals surface area contributed by atoms with Gasteiger partial charge in [0.25, 0.3) is 0 Å². The van der Waals surface area contributed by atoms with Crippen LogP contribution in [0.3, 0.4) is 0 Å². The average Bonchev–Trinajstić information content (AvgIpc) is 2.94. The normalized spacial score (nSPS) is 33.9. The second kappa shape index (κ2) is 6.53. The standard InChI is InChI=1S/C14H26N2O2/c1-18-8-4-2-3-7-16-14(17)12-10-5-6-11(9-10)13(12)15/h10-13H,2-9,15H2,1H3,(H,16,17). The molecule has 0 aromatic rings. The fourth-order valence-electron chi connectivity index (χ4n) is 3.60. The van der Waals surface area contributed by atoms with Crippen molar-refractivity contribution in [2.45, 2.75) is 44.6 Å². The predicted molar refractivity (Wildman–Crippen MR) is 71.0 cm³/mol. The van der Waals surface area contributed by atoms with Crippen molar-refractivity contribution in [1.29, 1.82) is 0 Å². The molecule has 0 saturated heterocycles. The highest BCUT2D eigenvalue weighted by Gasteiger charge is 2.48. The lowest BCUT2D eigenvalue weighted by atomic mass is 9.84. The Balaban J connectivity index is 1.63. The Morgan fingerprint density at radius 1 is 1.28 bits per heavy atom. The molecule has 3 N–H and O–H groups in total. The lowest BCUT2D eigenvalue weighted by Crippen LogP contribution is -2.45. The topological polar surface area (TPSA) is 64.3 Å². The Hall–Kier alpha value is -0.610. The van der Waals surface area contributed by atoms with Gasteiger partial charge in [0.15, 0.2) is 0 Å². The van der Waals surface area contributed by atoms with Crippen molar-refractivity contribution >= 4 is 5.91 Å². The van der Waals surface area contributed by atoms with Crippen LogP contribution in [0.4, 0.5) is 0 Å². The summed E-state index contributed by atoms with van der Waals surface area (Å²) in [5, 5.41) is 3.06. The first-order chi connectivity index (χ1) is 8.74. The van der Waals surface area contributed by atoms with Crippen LogP contribution in [0.15, 0.2) is 0 Å². The molecule has 0 aromatic carbocycles. The number of carbonyl (C=O) groups excluding carboxylic acids is 1. The number of unbranched alkanes of at least 4 members (excludes halogenated alkanes) is 2. The molecule has 0 heterocycles. The van der Waals surface area contributed by atoms with Gasteiger partial charge in [0.05, 0.1) is 5.92 Å². The molecule has 0 aromatic heterocycles. The number of ether oxygens (including phenoxy) is 1. The third-order valence-electron chi connectivity index (χ3n) is 4.61. The predicted octanol–water partition coefficient (Wildman–Crippen LogP) is 1.29. The van der Waals surface area contributed by atoms with Crippen LogP contribution in [0.5, 0.6) is 0 Å². The van der Waals surface area contributed by atoms with E-state index in [0.29, 0.717) is 11.8 Å². The van der Waals surface area contributed by atoms with Crippen LogP contribution >= 0.6 is 0 Å². The van der Waals surface area contributed by atoms with E-state index in [2.05, 4.69) is 5.32 Å². The summed E-state index contributed by atoms with van der Waals surface area (Å²) in [6.45, 7) is 1.59. The van der Waals surface area contributed by atoms with Gasteiger partial charge in [0.2, 0.25) is 5.91 Å². The summed E-state index contributed by atoms with van der Waals surface area (Å²) in [7, 11) is 1.72. The number of carbonyl (C=O) groups is 1. The van der Waals surface area contributed by atoms with Crippen molar-refractivity contribution in [1.82, 2.24) is 5.32 Å². The van der Waals surface area contributed by atoms with Crippen molar-refractivity contribution in [3.63, 3.8) is 0 Å². The van der Waals surface area contributed by atoms with Gasteiger partial charge in [-0.3, -0.25) is 4.79 Å². The van der Waals surface area contributed by atoms with Crippen molar-refractivity contribution < 1.29 is 9.53 Å². The minimum absolute atomic E-state index is 0.0859. The monoisotopic (exact) mass is 254 g/mol. The van der Waals surface area contributed by atoms with Crippen molar-refractivity contribution in [3.8, 4) is 0 Å². The van der Waals surface area contributed by atoms with E-state index in [1.807, 2.05) is 0 Å². The van der Waals surface area contributed by atoms with Crippen LogP contribution in [0.2, 0.25) is 0 Å². The Kier molecular flexibility index (Phi) is 5.01. The fraction of sp³-hybridized carbons (Fsp3) is 0.929. The summed E-state index contributed by atoms with van der Waals surface area (Å²) in [6.07, 6.45) is 6.81. The van der Waals surface area contributed by atoms with Crippen LogP contribution in [0.25, 0.3) is 0 Å². The maximum Gasteiger partial charge on any atom is 0.224 e. The summed E-state index contributed by atoms with van der Waals surface area (Å²) in [4.78, 5) is 12.1. The van der Waals surface area contributed by atoms with Crippen molar-refractivity contribution in [3.05, 3.63) is 0 Å². The Labute approximate surface area is 110 Å². The zero-order valence-electron chi connectivity index (χ0n) is 11.4. The molecule has 2 fully saturated rings. The fourth-order valence-corrected chi connectivity index (χ4v) is 3.60. The second-order valence-electron chi connectivity index (χ2n) is 5.78. The molecule has 104 valence electrons. The maximum atomic E-state index is 12.1. The number of methoxy groups -OCH3 is 1. The molecule has 2 rings (SSSR count). The molecule has 0 radical (unpaired) electrons. The zero-order valence-corrected chi connectivity index (χ0v) is 11.4. The van der Waals surface area contributed by atoms with Crippen molar-refractivity contribution in [2.75, 3.05) is 20.3 Å². The average molecular weight is 254 g/mol. The molecule has 4 unspecified atom stereocenters. The van der Waals surface area contributed by atoms with Crippen molar-refractivity contribution in [2.24, 2.45) is 23.5 Å². The molecule has 18 heavy (non-hydrogen) atoms. The lowest BCUT2D eigenvalue weighted by Gasteiger charge is -2.27. The van der Waals surface area contributed by atoms with E-state index < -0.39 is 0 Å². The van der Waals surface area contributed by atoms with E-state index in [9.17, 15) is 4.79 Å². The number of amides is 1. The Morgan fingerprint density at radius 3 is 2.72 bits per heavy atom. The maximum absolute atomic E-state index is 12.1. The van der Waals surface area contributed by atoms with Crippen LogP contribution in [0.1, 0.15) is 38.5 Å². The van der Waals surface area contributed by atoms with E-state index in [1.165, 1.54) is 19.3 Å². The van der Waals surface area contributed by atoms with Gasteiger partial charge in [-0.2, -0.15) is 0 Å². The number of nitrogens with two attached hydrogens (primary N) is 1. The molecule has 2 saturated carbocycles. The minimum atomic E-state index is 0.0859. The molecule has 2 aliphatic rings. The largest absolute Gasteiger partial charge is 0.385 e. The summed E-state index contributed by atoms with van der Waals surface area (Å²) < 4.78 is 4.99. The molecule has 2 bridgehead atoms. The highest BCUT2D eigenvalue weighted by atomic mass is 16.5. The molecule has 2 aliphatic carbocycles. The third kappa shape index (κ3) is 3.04. The van der Waals surface area contributed by atoms with E-state index in [0.717, 1.165) is 32.4 Å². The van der Waals surface area contributed by atoms with E-state index in [4.69, 9.17) is 10.5 Å². The summed E-state index contributed by atoms with van der Waals surface area (Å²) in [6, 6.07) is 0.109. The molecule has 0 aliphatic heterocycles. The number of hydrogen-bond donors (Lipinski definition) is 2. The molecular weight excluding hydrogens is 228 g/mol. The summed E-state index contributed by atoms with van der Waals surface area (Å²) in [5.41, 5.74) is 6.16. The van der Waals surface area contributed by atoms with Gasteiger partial charge >= 0.3 is 0 Å². The quantitative estimate of drug-likeness (QED) is 0.673. The lowest BCUT2D eigenvalue weighted by molar-refractivity contribution is -0.127. The molecular formula is C14H26N2O2. The van der Waals surface area contributed by atoms with Crippen LogP contribution in [-0.4, -0.2) is 32.2 Å². The zero-order chi connectivity index (χ0) is 13.0.